The van der Waals surface area contributed by atoms with Crippen LogP contribution in [0.4, 0.5) is 5.13 Å². The molecule has 2 N–H and O–H groups in total. The minimum Gasteiger partial charge on any atom is -0.374 e. The van der Waals surface area contributed by atoms with Gasteiger partial charge in [-0.05, 0) is 12.1 Å². The molecule has 2 aromatic heterocycles. The first kappa shape index (κ1) is 9.23. The molecule has 3 rings (SSSR count). The van der Waals surface area contributed by atoms with Crippen molar-refractivity contribution in [3.05, 3.63) is 36.5 Å². The molecule has 0 saturated heterocycles. The fourth-order valence-electron chi connectivity index (χ4n) is 1.63. The molecule has 1 aromatic carbocycles. The molecule has 2 heterocycles. The number of benzene rings is 1. The highest BCUT2D eigenvalue weighted by Crippen LogP contribution is 2.30. The lowest BCUT2D eigenvalue weighted by Crippen LogP contribution is -1.82. The highest BCUT2D eigenvalue weighted by molar-refractivity contribution is 7.18. The largest absolute Gasteiger partial charge is 0.374 e. The van der Waals surface area contributed by atoms with Gasteiger partial charge < -0.3 is 5.73 Å². The number of aromatic nitrogens is 3. The summed E-state index contributed by atoms with van der Waals surface area (Å²) in [6, 6.07) is 9.88. The van der Waals surface area contributed by atoms with Crippen LogP contribution in [0.1, 0.15) is 0 Å². The molecule has 0 unspecified atom stereocenters. The predicted molar refractivity (Wildman–Crippen MR) is 65.1 cm³/mol. The number of pyridine rings is 1. The Bertz CT molecular complexity index is 642. The van der Waals surface area contributed by atoms with Gasteiger partial charge in [0.25, 0.3) is 0 Å². The zero-order valence-electron chi connectivity index (χ0n) is 8.29. The van der Waals surface area contributed by atoms with Gasteiger partial charge in [0, 0.05) is 17.1 Å². The Balaban J connectivity index is 2.31. The van der Waals surface area contributed by atoms with E-state index in [1.54, 1.807) is 6.20 Å². The maximum absolute atomic E-state index is 5.59. The van der Waals surface area contributed by atoms with Crippen LogP contribution in [-0.4, -0.2) is 15.2 Å². The van der Waals surface area contributed by atoms with Crippen LogP contribution in [0.2, 0.25) is 0 Å². The van der Waals surface area contributed by atoms with E-state index in [1.807, 2.05) is 30.3 Å². The molecule has 0 radical (unpaired) electrons. The summed E-state index contributed by atoms with van der Waals surface area (Å²) in [5.74, 6) is 0. The van der Waals surface area contributed by atoms with Crippen molar-refractivity contribution in [1.29, 1.82) is 0 Å². The van der Waals surface area contributed by atoms with Gasteiger partial charge in [0.1, 0.15) is 5.01 Å². The summed E-state index contributed by atoms with van der Waals surface area (Å²) < 4.78 is 0. The van der Waals surface area contributed by atoms with Crippen LogP contribution in [0.5, 0.6) is 0 Å². The second-order valence-corrected chi connectivity index (χ2v) is 4.33. The van der Waals surface area contributed by atoms with Gasteiger partial charge in [-0.2, -0.15) is 0 Å². The Hall–Kier alpha value is -2.01. The standard InChI is InChI=1S/C11H8N4S/c12-11-15-14-10(16-11)8-3-1-5-9-7(8)4-2-6-13-9/h1-6H,(H2,12,15). The van der Waals surface area contributed by atoms with Gasteiger partial charge in [0.15, 0.2) is 0 Å². The monoisotopic (exact) mass is 228 g/mol. The van der Waals surface area contributed by atoms with E-state index in [2.05, 4.69) is 15.2 Å². The van der Waals surface area contributed by atoms with E-state index in [1.165, 1.54) is 11.3 Å². The molecule has 0 atom stereocenters. The van der Waals surface area contributed by atoms with Gasteiger partial charge in [-0.3, -0.25) is 4.98 Å². The van der Waals surface area contributed by atoms with Crippen molar-refractivity contribution in [2.75, 3.05) is 5.73 Å². The summed E-state index contributed by atoms with van der Waals surface area (Å²) in [5, 5.41) is 10.3. The number of nitrogen functional groups attached to an aromatic ring is 1. The zero-order chi connectivity index (χ0) is 11.0. The number of rotatable bonds is 1. The van der Waals surface area contributed by atoms with Crippen LogP contribution in [0.15, 0.2) is 36.5 Å². The van der Waals surface area contributed by atoms with E-state index in [4.69, 9.17) is 5.73 Å². The second-order valence-electron chi connectivity index (χ2n) is 3.32. The molecule has 0 amide bonds. The fourth-order valence-corrected chi connectivity index (χ4v) is 2.28. The van der Waals surface area contributed by atoms with E-state index in [-0.39, 0.29) is 0 Å². The number of hydrogen-bond acceptors (Lipinski definition) is 5. The lowest BCUT2D eigenvalue weighted by atomic mass is 10.1. The zero-order valence-corrected chi connectivity index (χ0v) is 9.11. The first-order valence-electron chi connectivity index (χ1n) is 4.78. The number of nitrogens with two attached hydrogens (primary N) is 1. The molecule has 0 aliphatic heterocycles. The molecular weight excluding hydrogens is 220 g/mol. The Morgan fingerprint density at radius 3 is 2.81 bits per heavy atom. The number of anilines is 1. The van der Waals surface area contributed by atoms with E-state index in [0.717, 1.165) is 21.5 Å². The minimum absolute atomic E-state index is 0.482. The van der Waals surface area contributed by atoms with Gasteiger partial charge in [-0.1, -0.05) is 29.5 Å². The fraction of sp³-hybridized carbons (Fsp3) is 0. The lowest BCUT2D eigenvalue weighted by molar-refractivity contribution is 1.10. The van der Waals surface area contributed by atoms with Crippen molar-refractivity contribution >= 4 is 27.4 Å². The molecule has 78 valence electrons. The van der Waals surface area contributed by atoms with Crippen LogP contribution >= 0.6 is 11.3 Å². The van der Waals surface area contributed by atoms with E-state index in [9.17, 15) is 0 Å². The Morgan fingerprint density at radius 2 is 2.00 bits per heavy atom. The van der Waals surface area contributed by atoms with Gasteiger partial charge in [-0.25, -0.2) is 0 Å². The minimum atomic E-state index is 0.482. The second kappa shape index (κ2) is 3.53. The maximum atomic E-state index is 5.59. The van der Waals surface area contributed by atoms with Gasteiger partial charge in [0.05, 0.1) is 5.52 Å². The highest BCUT2D eigenvalue weighted by atomic mass is 32.1. The number of hydrogen-bond donors (Lipinski definition) is 1. The van der Waals surface area contributed by atoms with Crippen molar-refractivity contribution in [2.24, 2.45) is 0 Å². The molecule has 0 aliphatic rings. The average molecular weight is 228 g/mol. The smallest absolute Gasteiger partial charge is 0.203 e. The van der Waals surface area contributed by atoms with Gasteiger partial charge in [-0.15, -0.1) is 10.2 Å². The quantitative estimate of drug-likeness (QED) is 0.694. The Kier molecular flexibility index (Phi) is 2.04. The SMILES string of the molecule is Nc1nnc(-c2cccc3ncccc23)s1. The molecule has 3 aromatic rings. The van der Waals surface area contributed by atoms with Crippen molar-refractivity contribution in [1.82, 2.24) is 15.2 Å². The first-order valence-corrected chi connectivity index (χ1v) is 5.59. The van der Waals surface area contributed by atoms with Crippen LogP contribution in [0.25, 0.3) is 21.5 Å². The van der Waals surface area contributed by atoms with E-state index >= 15 is 0 Å². The third-order valence-electron chi connectivity index (χ3n) is 2.32. The Labute approximate surface area is 95.8 Å². The highest BCUT2D eigenvalue weighted by Gasteiger charge is 2.08. The summed E-state index contributed by atoms with van der Waals surface area (Å²) in [7, 11) is 0. The summed E-state index contributed by atoms with van der Waals surface area (Å²) in [6.45, 7) is 0. The topological polar surface area (TPSA) is 64.7 Å². The van der Waals surface area contributed by atoms with Gasteiger partial charge >= 0.3 is 0 Å². The van der Waals surface area contributed by atoms with Gasteiger partial charge in [0.2, 0.25) is 5.13 Å². The first-order chi connectivity index (χ1) is 7.84. The van der Waals surface area contributed by atoms with Crippen LogP contribution in [0.3, 0.4) is 0 Å². The van der Waals surface area contributed by atoms with Crippen LogP contribution in [0, 0.1) is 0 Å². The number of fused-ring (bicyclic) bond motifs is 1. The molecule has 0 fully saturated rings. The normalized spacial score (nSPS) is 10.8. The maximum Gasteiger partial charge on any atom is 0.203 e. The molecule has 0 aliphatic carbocycles. The molecule has 4 nitrogen and oxygen atoms in total. The summed E-state index contributed by atoms with van der Waals surface area (Å²) in [6.07, 6.45) is 1.78. The Morgan fingerprint density at radius 1 is 1.06 bits per heavy atom. The molecule has 0 saturated carbocycles. The third kappa shape index (κ3) is 1.42. The average Bonchev–Trinajstić information content (AvgIpc) is 2.75. The van der Waals surface area contributed by atoms with E-state index < -0.39 is 0 Å². The number of nitrogens with zero attached hydrogens (tertiary/aromatic N) is 3. The molecule has 5 heteroatoms. The predicted octanol–water partition coefficient (Wildman–Crippen LogP) is 2.34. The molecular formula is C11H8N4S. The summed E-state index contributed by atoms with van der Waals surface area (Å²) in [4.78, 5) is 4.30. The lowest BCUT2D eigenvalue weighted by Gasteiger charge is -2.01. The summed E-state index contributed by atoms with van der Waals surface area (Å²) in [5.41, 5.74) is 7.57. The van der Waals surface area contributed by atoms with Crippen molar-refractivity contribution < 1.29 is 0 Å². The van der Waals surface area contributed by atoms with Crippen LogP contribution < -0.4 is 5.73 Å². The molecule has 0 spiro atoms. The third-order valence-corrected chi connectivity index (χ3v) is 3.10. The molecule has 16 heavy (non-hydrogen) atoms. The van der Waals surface area contributed by atoms with Crippen LogP contribution in [-0.2, 0) is 0 Å². The molecule has 0 bridgehead atoms. The van der Waals surface area contributed by atoms with Crippen molar-refractivity contribution in [3.8, 4) is 10.6 Å². The van der Waals surface area contributed by atoms with Crippen molar-refractivity contribution in [3.63, 3.8) is 0 Å². The van der Waals surface area contributed by atoms with Crippen molar-refractivity contribution in [2.45, 2.75) is 0 Å². The van der Waals surface area contributed by atoms with E-state index in [0.29, 0.717) is 5.13 Å². The summed E-state index contributed by atoms with van der Waals surface area (Å²) >= 11 is 1.38.